The zero-order valence-electron chi connectivity index (χ0n) is 13.1. The van der Waals surface area contributed by atoms with Crippen molar-refractivity contribution in [3.8, 4) is 11.1 Å². The molecule has 3 rings (SSSR count). The van der Waals surface area contributed by atoms with E-state index in [9.17, 15) is 14.7 Å². The smallest absolute Gasteiger partial charge is 0.358 e. The average Bonchev–Trinajstić information content (AvgIpc) is 2.92. The number of hydrogen-bond acceptors (Lipinski definition) is 6. The summed E-state index contributed by atoms with van der Waals surface area (Å²) in [7, 11) is 1.23. The van der Waals surface area contributed by atoms with Gasteiger partial charge in [-0.3, -0.25) is 4.79 Å². The summed E-state index contributed by atoms with van der Waals surface area (Å²) in [6.45, 7) is 1.79. The number of nitrogens with zero attached hydrogens (tertiary/aromatic N) is 4. The number of aromatic carboxylic acids is 1. The first-order valence-corrected chi connectivity index (χ1v) is 7.13. The number of ether oxygens (including phenoxy) is 1. The van der Waals surface area contributed by atoms with Gasteiger partial charge in [0.2, 0.25) is 0 Å². The molecule has 3 aromatic rings. The van der Waals surface area contributed by atoms with E-state index in [1.807, 2.05) is 30.3 Å². The van der Waals surface area contributed by atoms with Crippen molar-refractivity contribution < 1.29 is 19.4 Å². The predicted octanol–water partition coefficient (Wildman–Crippen LogP) is 1.51. The highest BCUT2D eigenvalue weighted by Crippen LogP contribution is 2.27. The first-order chi connectivity index (χ1) is 11.5. The van der Waals surface area contributed by atoms with Gasteiger partial charge in [0.15, 0.2) is 11.3 Å². The van der Waals surface area contributed by atoms with Crippen molar-refractivity contribution in [1.29, 1.82) is 0 Å². The number of carboxylic acids is 1. The quantitative estimate of drug-likeness (QED) is 0.724. The molecule has 0 atom stereocenters. The Labute approximate surface area is 136 Å². The maximum atomic E-state index is 11.7. The number of methoxy groups -OCH3 is 1. The van der Waals surface area contributed by atoms with Crippen molar-refractivity contribution in [2.75, 3.05) is 7.11 Å². The molecule has 0 aliphatic rings. The summed E-state index contributed by atoms with van der Waals surface area (Å²) in [5, 5.41) is 21.5. The number of carboxylic acid groups (broad SMARTS) is 1. The zero-order valence-corrected chi connectivity index (χ0v) is 13.1. The van der Waals surface area contributed by atoms with Gasteiger partial charge >= 0.3 is 11.9 Å². The van der Waals surface area contributed by atoms with E-state index in [2.05, 4.69) is 20.0 Å². The molecule has 0 aliphatic carbocycles. The molecule has 122 valence electrons. The van der Waals surface area contributed by atoms with Gasteiger partial charge in [-0.1, -0.05) is 30.3 Å². The Kier molecular flexibility index (Phi) is 3.95. The second-order valence-electron chi connectivity index (χ2n) is 5.12. The second kappa shape index (κ2) is 6.07. The van der Waals surface area contributed by atoms with Crippen molar-refractivity contribution in [3.05, 3.63) is 47.4 Å². The van der Waals surface area contributed by atoms with E-state index in [1.165, 1.54) is 11.6 Å². The summed E-state index contributed by atoms with van der Waals surface area (Å²) in [5.74, 6) is -1.86. The van der Waals surface area contributed by atoms with Crippen LogP contribution in [-0.2, 0) is 16.0 Å². The van der Waals surface area contributed by atoms with Crippen LogP contribution in [0.2, 0.25) is 0 Å². The Balaban J connectivity index is 2.29. The molecule has 2 aromatic heterocycles. The maximum Gasteiger partial charge on any atom is 0.358 e. The lowest BCUT2D eigenvalue weighted by atomic mass is 10.1. The highest BCUT2D eigenvalue weighted by Gasteiger charge is 2.23. The van der Waals surface area contributed by atoms with Crippen molar-refractivity contribution >= 4 is 17.6 Å². The molecule has 0 aliphatic heterocycles. The van der Waals surface area contributed by atoms with E-state index in [-0.39, 0.29) is 17.8 Å². The minimum absolute atomic E-state index is 0.129. The third-order valence-corrected chi connectivity index (χ3v) is 3.61. The first kappa shape index (κ1) is 15.6. The van der Waals surface area contributed by atoms with Crippen LogP contribution in [0.1, 0.15) is 21.9 Å². The zero-order chi connectivity index (χ0) is 17.3. The molecule has 8 heteroatoms. The van der Waals surface area contributed by atoms with E-state index < -0.39 is 11.9 Å². The summed E-state index contributed by atoms with van der Waals surface area (Å²) in [5.41, 5.74) is 2.48. The summed E-state index contributed by atoms with van der Waals surface area (Å²) in [4.78, 5) is 23.1. The van der Waals surface area contributed by atoms with Crippen molar-refractivity contribution in [2.45, 2.75) is 13.3 Å². The van der Waals surface area contributed by atoms with Gasteiger partial charge < -0.3 is 9.84 Å². The van der Waals surface area contributed by atoms with Crippen LogP contribution in [0.15, 0.2) is 30.3 Å². The number of carbonyl (C=O) groups excluding carboxylic acids is 1. The van der Waals surface area contributed by atoms with Crippen molar-refractivity contribution in [1.82, 2.24) is 19.8 Å². The number of aryl methyl sites for hydroxylation is 1. The third-order valence-electron chi connectivity index (χ3n) is 3.61. The maximum absolute atomic E-state index is 11.7. The second-order valence-corrected chi connectivity index (χ2v) is 5.12. The molecule has 0 saturated heterocycles. The van der Waals surface area contributed by atoms with Gasteiger partial charge in [0.25, 0.3) is 0 Å². The molecule has 8 nitrogen and oxygen atoms in total. The van der Waals surface area contributed by atoms with Gasteiger partial charge in [0.1, 0.15) is 0 Å². The largest absolute Gasteiger partial charge is 0.476 e. The van der Waals surface area contributed by atoms with Gasteiger partial charge in [0.05, 0.1) is 30.5 Å². The lowest BCUT2D eigenvalue weighted by Crippen LogP contribution is -2.17. The van der Waals surface area contributed by atoms with Crippen LogP contribution in [0.3, 0.4) is 0 Å². The van der Waals surface area contributed by atoms with Gasteiger partial charge in [-0.2, -0.15) is 5.10 Å². The minimum Gasteiger partial charge on any atom is -0.476 e. The monoisotopic (exact) mass is 326 g/mol. The SMILES string of the molecule is COC(=O)Cc1c(C(=O)O)nnc2c(-c3ccccc3)c(C)nn12. The average molecular weight is 326 g/mol. The van der Waals surface area contributed by atoms with Crippen LogP contribution < -0.4 is 0 Å². The molecule has 0 amide bonds. The molecule has 0 radical (unpaired) electrons. The van der Waals surface area contributed by atoms with E-state index in [1.54, 1.807) is 6.92 Å². The number of hydrogen-bond donors (Lipinski definition) is 1. The van der Waals surface area contributed by atoms with Gasteiger partial charge in [-0.05, 0) is 12.5 Å². The Morgan fingerprint density at radius 2 is 1.92 bits per heavy atom. The fourth-order valence-electron chi connectivity index (χ4n) is 2.53. The van der Waals surface area contributed by atoms with Gasteiger partial charge in [-0.25, -0.2) is 9.31 Å². The molecular weight excluding hydrogens is 312 g/mol. The highest BCUT2D eigenvalue weighted by atomic mass is 16.5. The Morgan fingerprint density at radius 3 is 2.54 bits per heavy atom. The molecule has 0 spiro atoms. The summed E-state index contributed by atoms with van der Waals surface area (Å²) in [6.07, 6.45) is -0.264. The normalized spacial score (nSPS) is 10.8. The van der Waals surface area contributed by atoms with E-state index in [0.29, 0.717) is 11.3 Å². The third kappa shape index (κ3) is 2.58. The van der Waals surface area contributed by atoms with Crippen LogP contribution in [0.25, 0.3) is 16.8 Å². The van der Waals surface area contributed by atoms with E-state index in [4.69, 9.17) is 0 Å². The van der Waals surface area contributed by atoms with Gasteiger partial charge in [0, 0.05) is 0 Å². The molecule has 0 fully saturated rings. The van der Waals surface area contributed by atoms with Crippen LogP contribution >= 0.6 is 0 Å². The predicted molar refractivity (Wildman–Crippen MR) is 83.6 cm³/mol. The summed E-state index contributed by atoms with van der Waals surface area (Å²) >= 11 is 0. The lowest BCUT2D eigenvalue weighted by Gasteiger charge is -2.06. The Bertz CT molecular complexity index is 934. The van der Waals surface area contributed by atoms with Crippen LogP contribution in [-0.4, -0.2) is 44.0 Å². The van der Waals surface area contributed by atoms with Gasteiger partial charge in [-0.15, -0.1) is 10.2 Å². The fraction of sp³-hybridized carbons (Fsp3) is 0.188. The fourth-order valence-corrected chi connectivity index (χ4v) is 2.53. The standard InChI is InChI=1S/C16H14N4O4/c1-9-13(10-6-4-3-5-7-10)15-18-17-14(16(22)23)11(20(15)19-9)8-12(21)24-2/h3-7H,8H2,1-2H3,(H,22,23). The number of esters is 1. The molecule has 0 saturated carbocycles. The van der Waals surface area contributed by atoms with Crippen molar-refractivity contribution in [2.24, 2.45) is 0 Å². The number of fused-ring (bicyclic) bond motifs is 1. The molecule has 0 bridgehead atoms. The Morgan fingerprint density at radius 1 is 1.21 bits per heavy atom. The topological polar surface area (TPSA) is 107 Å². The summed E-state index contributed by atoms with van der Waals surface area (Å²) in [6, 6.07) is 9.45. The molecule has 2 heterocycles. The summed E-state index contributed by atoms with van der Waals surface area (Å²) < 4.78 is 5.99. The first-order valence-electron chi connectivity index (χ1n) is 7.13. The molecule has 24 heavy (non-hydrogen) atoms. The molecule has 0 unspecified atom stereocenters. The molecular formula is C16H14N4O4. The minimum atomic E-state index is -1.28. The number of rotatable bonds is 4. The van der Waals surface area contributed by atoms with Crippen LogP contribution in [0.4, 0.5) is 0 Å². The highest BCUT2D eigenvalue weighted by molar-refractivity contribution is 5.89. The Hall–Kier alpha value is -3.29. The number of aromatic nitrogens is 4. The number of carbonyl (C=O) groups is 2. The molecule has 1 N–H and O–H groups in total. The lowest BCUT2D eigenvalue weighted by molar-refractivity contribution is -0.139. The molecule has 1 aromatic carbocycles. The van der Waals surface area contributed by atoms with Crippen molar-refractivity contribution in [3.63, 3.8) is 0 Å². The number of benzene rings is 1. The van der Waals surface area contributed by atoms with Crippen LogP contribution in [0.5, 0.6) is 0 Å². The van der Waals surface area contributed by atoms with Crippen LogP contribution in [0, 0.1) is 6.92 Å². The van der Waals surface area contributed by atoms with E-state index in [0.717, 1.165) is 11.1 Å². The van der Waals surface area contributed by atoms with E-state index >= 15 is 0 Å².